The number of amides is 1. The van der Waals surface area contributed by atoms with Crippen molar-refractivity contribution in [1.82, 2.24) is 4.57 Å². The zero-order valence-corrected chi connectivity index (χ0v) is 24.4. The lowest BCUT2D eigenvalue weighted by Crippen LogP contribution is -2.34. The quantitative estimate of drug-likeness (QED) is 0.367. The van der Waals surface area contributed by atoms with E-state index in [1.165, 1.54) is 16.7 Å². The molecule has 4 rings (SSSR count). The van der Waals surface area contributed by atoms with Gasteiger partial charge in [-0.3, -0.25) is 4.79 Å². The number of primary amides is 1. The summed E-state index contributed by atoms with van der Waals surface area (Å²) in [7, 11) is 4.82. The van der Waals surface area contributed by atoms with E-state index in [2.05, 4.69) is 51.3 Å². The lowest BCUT2D eigenvalue weighted by Gasteiger charge is -2.42. The summed E-state index contributed by atoms with van der Waals surface area (Å²) in [4.78, 5) is 12.5. The van der Waals surface area contributed by atoms with Crippen LogP contribution >= 0.6 is 0 Å². The van der Waals surface area contributed by atoms with Gasteiger partial charge >= 0.3 is 0 Å². The summed E-state index contributed by atoms with van der Waals surface area (Å²) in [5, 5.41) is 0. The van der Waals surface area contributed by atoms with E-state index in [-0.39, 0.29) is 10.8 Å². The summed E-state index contributed by atoms with van der Waals surface area (Å²) < 4.78 is 18.9. The van der Waals surface area contributed by atoms with Gasteiger partial charge in [0.25, 0.3) is 5.91 Å². The minimum absolute atomic E-state index is 0.0710. The summed E-state index contributed by atoms with van der Waals surface area (Å²) in [5.74, 6) is 1.31. The second kappa shape index (κ2) is 10.0. The van der Waals surface area contributed by atoms with E-state index < -0.39 is 5.91 Å². The maximum absolute atomic E-state index is 12.5. The first-order chi connectivity index (χ1) is 17.9. The highest BCUT2D eigenvalue weighted by atomic mass is 16.5. The summed E-state index contributed by atoms with van der Waals surface area (Å²) in [6.07, 6.45) is 3.19. The van der Waals surface area contributed by atoms with Crippen LogP contribution in [0.1, 0.15) is 85.8 Å². The number of rotatable bonds is 8. The van der Waals surface area contributed by atoms with Gasteiger partial charge in [0.05, 0.1) is 26.9 Å². The predicted octanol–water partition coefficient (Wildman–Crippen LogP) is 6.55. The molecule has 6 heteroatoms. The molecule has 0 radical (unpaired) electrons. The van der Waals surface area contributed by atoms with Crippen LogP contribution in [0, 0.1) is 6.92 Å². The number of nitrogens with two attached hydrogens (primary N) is 1. The molecule has 2 N–H and O–H groups in total. The van der Waals surface area contributed by atoms with Gasteiger partial charge in [-0.2, -0.15) is 0 Å². The van der Waals surface area contributed by atoms with Gasteiger partial charge in [-0.05, 0) is 83.5 Å². The molecule has 1 aliphatic carbocycles. The van der Waals surface area contributed by atoms with Gasteiger partial charge in [0.1, 0.15) is 0 Å². The first-order valence-corrected chi connectivity index (χ1v) is 13.4. The average molecular weight is 519 g/mol. The van der Waals surface area contributed by atoms with E-state index in [1.54, 1.807) is 21.3 Å². The van der Waals surface area contributed by atoms with Gasteiger partial charge in [0.15, 0.2) is 11.5 Å². The van der Waals surface area contributed by atoms with E-state index in [0.29, 0.717) is 29.4 Å². The second-order valence-corrected chi connectivity index (χ2v) is 11.7. The van der Waals surface area contributed by atoms with Crippen LogP contribution in [0.5, 0.6) is 17.2 Å². The van der Waals surface area contributed by atoms with E-state index in [1.807, 2.05) is 25.1 Å². The number of aryl methyl sites for hydroxylation is 1. The normalized spacial score (nSPS) is 15.6. The van der Waals surface area contributed by atoms with Gasteiger partial charge in [0.2, 0.25) is 5.75 Å². The van der Waals surface area contributed by atoms with Crippen LogP contribution in [-0.4, -0.2) is 31.8 Å². The van der Waals surface area contributed by atoms with Crippen molar-refractivity contribution in [3.8, 4) is 28.5 Å². The number of fused-ring (bicyclic) bond motifs is 1. The van der Waals surface area contributed by atoms with Crippen molar-refractivity contribution in [2.24, 2.45) is 5.73 Å². The topological polar surface area (TPSA) is 75.7 Å². The van der Waals surface area contributed by atoms with Crippen molar-refractivity contribution in [2.45, 2.75) is 78.2 Å². The Morgan fingerprint density at radius 2 is 1.45 bits per heavy atom. The summed E-state index contributed by atoms with van der Waals surface area (Å²) in [5.41, 5.74) is 14.6. The van der Waals surface area contributed by atoms with Crippen LogP contribution in [0.4, 0.5) is 0 Å². The van der Waals surface area contributed by atoms with E-state index >= 15 is 0 Å². The maximum atomic E-state index is 12.5. The molecule has 204 valence electrons. The molecule has 0 bridgehead atoms. The largest absolute Gasteiger partial charge is 0.493 e. The highest BCUT2D eigenvalue weighted by molar-refractivity contribution is 5.96. The van der Waals surface area contributed by atoms with Crippen molar-refractivity contribution in [3.05, 3.63) is 63.8 Å². The highest BCUT2D eigenvalue weighted by Gasteiger charge is 2.38. The smallest absolute Gasteiger partial charge is 0.250 e. The average Bonchev–Trinajstić information content (AvgIpc) is 3.21. The zero-order chi connectivity index (χ0) is 28.0. The third-order valence-corrected chi connectivity index (χ3v) is 8.43. The monoisotopic (exact) mass is 518 g/mol. The predicted molar refractivity (Wildman–Crippen MR) is 153 cm³/mol. The number of aromatic nitrogens is 1. The molecule has 0 saturated heterocycles. The van der Waals surface area contributed by atoms with Gasteiger partial charge in [-0.25, -0.2) is 0 Å². The number of carbonyl (C=O) groups is 1. The van der Waals surface area contributed by atoms with Gasteiger partial charge in [-0.15, -0.1) is 0 Å². The van der Waals surface area contributed by atoms with E-state index in [0.717, 1.165) is 41.8 Å². The van der Waals surface area contributed by atoms with Crippen molar-refractivity contribution in [2.75, 3.05) is 21.3 Å². The Balaban J connectivity index is 1.96. The third kappa shape index (κ3) is 4.65. The van der Waals surface area contributed by atoms with Crippen LogP contribution in [0.25, 0.3) is 11.3 Å². The molecule has 1 heterocycles. The molecular formula is C32H42N2O4. The fourth-order valence-corrected chi connectivity index (χ4v) is 5.92. The van der Waals surface area contributed by atoms with Crippen molar-refractivity contribution in [1.29, 1.82) is 0 Å². The maximum Gasteiger partial charge on any atom is 0.250 e. The Morgan fingerprint density at radius 1 is 0.895 bits per heavy atom. The van der Waals surface area contributed by atoms with E-state index in [9.17, 15) is 4.79 Å². The van der Waals surface area contributed by atoms with E-state index in [4.69, 9.17) is 19.9 Å². The molecule has 3 aromatic rings. The van der Waals surface area contributed by atoms with Crippen molar-refractivity contribution in [3.63, 3.8) is 0 Å². The van der Waals surface area contributed by atoms with Crippen LogP contribution in [-0.2, 0) is 23.8 Å². The first kappa shape index (κ1) is 27.6. The minimum atomic E-state index is -0.426. The molecule has 38 heavy (non-hydrogen) atoms. The molecule has 0 fully saturated rings. The summed E-state index contributed by atoms with van der Waals surface area (Å²) in [6, 6.07) is 10.6. The molecule has 1 amide bonds. The molecule has 0 aliphatic heterocycles. The lowest BCUT2D eigenvalue weighted by molar-refractivity contribution is 0.0999. The number of hydrogen-bond donors (Lipinski definition) is 1. The molecule has 0 atom stereocenters. The molecule has 6 nitrogen and oxygen atoms in total. The standard InChI is InChI=1S/C32H42N2O4/c1-10-21-15-24-25(32(5,6)12-11-31(24,3)4)16-23(21)26-17-22(30(33)35)19(2)34(26)18-20-13-27(36-7)29(38-9)28(14-20)37-8/h13-17H,10-12,18H2,1-9H3,(H2,33,35). The SMILES string of the molecule is CCc1cc2c(cc1-c1cc(C(N)=O)c(C)n1Cc1cc(OC)c(OC)c(OC)c1)C(C)(C)CCC2(C)C. The number of nitrogens with zero attached hydrogens (tertiary/aromatic N) is 1. The second-order valence-electron chi connectivity index (χ2n) is 11.7. The Morgan fingerprint density at radius 3 is 1.92 bits per heavy atom. The van der Waals surface area contributed by atoms with Crippen molar-refractivity contribution < 1.29 is 19.0 Å². The van der Waals surface area contributed by atoms with Crippen LogP contribution < -0.4 is 19.9 Å². The van der Waals surface area contributed by atoms with Gasteiger partial charge in [-0.1, -0.05) is 40.7 Å². The number of carbonyl (C=O) groups excluding carboxylic acids is 1. The molecule has 0 unspecified atom stereocenters. The Bertz CT molecular complexity index is 1360. The number of benzene rings is 2. The molecule has 1 aliphatic rings. The Labute approximate surface area is 227 Å². The van der Waals surface area contributed by atoms with Crippen molar-refractivity contribution >= 4 is 5.91 Å². The summed E-state index contributed by atoms with van der Waals surface area (Å²) in [6.45, 7) is 14.0. The number of methoxy groups -OCH3 is 3. The third-order valence-electron chi connectivity index (χ3n) is 8.43. The highest BCUT2D eigenvalue weighted by Crippen LogP contribution is 2.48. The molecule has 2 aromatic carbocycles. The first-order valence-electron chi connectivity index (χ1n) is 13.4. The molecule has 1 aromatic heterocycles. The molecule has 0 saturated carbocycles. The number of ether oxygens (including phenoxy) is 3. The fraction of sp³-hybridized carbons (Fsp3) is 0.469. The minimum Gasteiger partial charge on any atom is -0.493 e. The fourth-order valence-electron chi connectivity index (χ4n) is 5.92. The molecule has 0 spiro atoms. The van der Waals surface area contributed by atoms with Gasteiger partial charge < -0.3 is 24.5 Å². The lowest BCUT2D eigenvalue weighted by atomic mass is 9.62. The van der Waals surface area contributed by atoms with Crippen LogP contribution in [0.15, 0.2) is 30.3 Å². The Hall–Kier alpha value is -3.41. The molecular weight excluding hydrogens is 476 g/mol. The van der Waals surface area contributed by atoms with Gasteiger partial charge in [0, 0.05) is 23.5 Å². The number of hydrogen-bond acceptors (Lipinski definition) is 4. The van der Waals surface area contributed by atoms with Crippen LogP contribution in [0.2, 0.25) is 0 Å². The Kier molecular flexibility index (Phi) is 7.30. The van der Waals surface area contributed by atoms with Crippen LogP contribution in [0.3, 0.4) is 0 Å². The summed E-state index contributed by atoms with van der Waals surface area (Å²) >= 11 is 0. The zero-order valence-electron chi connectivity index (χ0n) is 24.4.